The van der Waals surface area contributed by atoms with Crippen molar-refractivity contribution in [3.05, 3.63) is 0 Å². The van der Waals surface area contributed by atoms with Crippen LogP contribution in [0.4, 0.5) is 0 Å². The number of esters is 1. The zero-order chi connectivity index (χ0) is 8.43. The smallest absolute Gasteiger partial charge is 0.306 e. The molecular formula is C8H13ClO2. The number of ether oxygens (including phenoxy) is 1. The summed E-state index contributed by atoms with van der Waals surface area (Å²) in [6.07, 6.45) is 0.457. The molecule has 0 radical (unpaired) electrons. The summed E-state index contributed by atoms with van der Waals surface area (Å²) >= 11 is 6.06. The Kier molecular flexibility index (Phi) is 2.77. The van der Waals surface area contributed by atoms with E-state index in [1.807, 2.05) is 13.8 Å². The van der Waals surface area contributed by atoms with Gasteiger partial charge in [-0.3, -0.25) is 4.79 Å². The highest BCUT2D eigenvalue weighted by Gasteiger charge is 2.28. The summed E-state index contributed by atoms with van der Waals surface area (Å²) < 4.78 is 4.93. The molecule has 0 spiro atoms. The highest BCUT2D eigenvalue weighted by Crippen LogP contribution is 2.25. The third-order valence-electron chi connectivity index (χ3n) is 2.08. The predicted octanol–water partition coefficient (Wildman–Crippen LogP) is 1.81. The Hall–Kier alpha value is -0.240. The first-order valence-electron chi connectivity index (χ1n) is 3.91. The molecule has 1 fully saturated rings. The van der Waals surface area contributed by atoms with Crippen LogP contribution in [0.15, 0.2) is 0 Å². The van der Waals surface area contributed by atoms with Crippen molar-refractivity contribution < 1.29 is 9.53 Å². The highest BCUT2D eigenvalue weighted by molar-refractivity contribution is 6.21. The van der Waals surface area contributed by atoms with Gasteiger partial charge in [0.05, 0.1) is 6.61 Å². The van der Waals surface area contributed by atoms with Gasteiger partial charge >= 0.3 is 5.97 Å². The van der Waals surface area contributed by atoms with E-state index in [1.54, 1.807) is 0 Å². The fourth-order valence-electron chi connectivity index (χ4n) is 1.31. The average Bonchev–Trinajstić information content (AvgIpc) is 2.05. The van der Waals surface area contributed by atoms with Gasteiger partial charge in [0.2, 0.25) is 0 Å². The molecule has 1 aliphatic heterocycles. The summed E-state index contributed by atoms with van der Waals surface area (Å²) in [7, 11) is 0. The Balaban J connectivity index is 2.61. The number of hydrogen-bond acceptors (Lipinski definition) is 2. The van der Waals surface area contributed by atoms with Gasteiger partial charge in [0, 0.05) is 17.7 Å². The zero-order valence-corrected chi connectivity index (χ0v) is 7.60. The fraction of sp³-hybridized carbons (Fsp3) is 0.875. The van der Waals surface area contributed by atoms with Crippen molar-refractivity contribution in [1.82, 2.24) is 0 Å². The van der Waals surface area contributed by atoms with Gasteiger partial charge in [-0.2, -0.15) is 0 Å². The molecule has 0 N–H and O–H groups in total. The zero-order valence-electron chi connectivity index (χ0n) is 6.84. The summed E-state index contributed by atoms with van der Waals surface area (Å²) in [5.74, 6) is 0.396. The molecule has 64 valence electrons. The minimum atomic E-state index is -0.118. The van der Waals surface area contributed by atoms with Crippen LogP contribution in [0.2, 0.25) is 0 Å². The van der Waals surface area contributed by atoms with Crippen LogP contribution >= 0.6 is 11.6 Å². The predicted molar refractivity (Wildman–Crippen MR) is 43.5 cm³/mol. The number of halogens is 1. The molecule has 0 amide bonds. The first-order chi connectivity index (χ1) is 5.11. The van der Waals surface area contributed by atoms with Gasteiger partial charge in [-0.15, -0.1) is 11.6 Å². The highest BCUT2D eigenvalue weighted by atomic mass is 35.5. The molecule has 3 atom stereocenters. The van der Waals surface area contributed by atoms with Crippen LogP contribution in [0.25, 0.3) is 0 Å². The van der Waals surface area contributed by atoms with Crippen molar-refractivity contribution in [2.75, 3.05) is 6.61 Å². The number of cyclic esters (lactones) is 1. The second-order valence-corrected chi connectivity index (χ2v) is 3.79. The van der Waals surface area contributed by atoms with E-state index in [4.69, 9.17) is 16.3 Å². The maximum Gasteiger partial charge on any atom is 0.306 e. The summed E-state index contributed by atoms with van der Waals surface area (Å²) in [6.45, 7) is 4.46. The number of carbonyl (C=O) groups excluding carboxylic acids is 1. The number of rotatable bonds is 0. The van der Waals surface area contributed by atoms with Gasteiger partial charge in [0.25, 0.3) is 0 Å². The van der Waals surface area contributed by atoms with Crippen LogP contribution in [0.1, 0.15) is 20.3 Å². The van der Waals surface area contributed by atoms with Crippen molar-refractivity contribution >= 4 is 17.6 Å². The summed E-state index contributed by atoms with van der Waals surface area (Å²) in [5.41, 5.74) is 0. The lowest BCUT2D eigenvalue weighted by Gasteiger charge is -2.17. The molecule has 0 aromatic heterocycles. The molecule has 1 saturated heterocycles. The van der Waals surface area contributed by atoms with E-state index >= 15 is 0 Å². The number of carbonyl (C=O) groups is 1. The average molecular weight is 177 g/mol. The minimum absolute atomic E-state index is 0.0708. The minimum Gasteiger partial charge on any atom is -0.465 e. The second kappa shape index (κ2) is 3.44. The monoisotopic (exact) mass is 176 g/mol. The second-order valence-electron chi connectivity index (χ2n) is 3.29. The van der Waals surface area contributed by atoms with Gasteiger partial charge in [-0.05, 0) is 5.92 Å². The van der Waals surface area contributed by atoms with Crippen LogP contribution in [0.5, 0.6) is 0 Å². The first kappa shape index (κ1) is 8.85. The molecule has 0 aromatic rings. The van der Waals surface area contributed by atoms with E-state index in [1.165, 1.54) is 0 Å². The summed E-state index contributed by atoms with van der Waals surface area (Å²) in [4.78, 5) is 10.9. The Bertz CT molecular complexity index is 158. The molecule has 2 nitrogen and oxygen atoms in total. The van der Waals surface area contributed by atoms with Crippen molar-refractivity contribution in [3.63, 3.8) is 0 Å². The van der Waals surface area contributed by atoms with Crippen LogP contribution in [-0.4, -0.2) is 18.0 Å². The molecule has 1 heterocycles. The fourth-order valence-corrected chi connectivity index (χ4v) is 1.47. The molecule has 11 heavy (non-hydrogen) atoms. The molecule has 0 saturated carbocycles. The topological polar surface area (TPSA) is 26.3 Å². The number of alkyl halides is 1. The quantitative estimate of drug-likeness (QED) is 0.416. The lowest BCUT2D eigenvalue weighted by molar-refractivity contribution is -0.143. The molecule has 0 unspecified atom stereocenters. The van der Waals surface area contributed by atoms with Crippen LogP contribution in [-0.2, 0) is 9.53 Å². The van der Waals surface area contributed by atoms with Gasteiger partial charge < -0.3 is 4.74 Å². The third kappa shape index (κ3) is 2.09. The lowest BCUT2D eigenvalue weighted by Crippen LogP contribution is -2.20. The van der Waals surface area contributed by atoms with Crippen LogP contribution in [0.3, 0.4) is 0 Å². The Morgan fingerprint density at radius 3 is 2.73 bits per heavy atom. The van der Waals surface area contributed by atoms with E-state index in [0.717, 1.165) is 0 Å². The molecule has 1 aliphatic rings. The van der Waals surface area contributed by atoms with E-state index in [9.17, 15) is 4.79 Å². The maximum absolute atomic E-state index is 10.9. The standard InChI is InChI=1S/C8H13ClO2/c1-5-3-7(10)11-4-6(2)8(5)9/h5-6,8H,3-4H2,1-2H3/t5-,6+,8-/m0/s1. The van der Waals surface area contributed by atoms with Crippen LogP contribution < -0.4 is 0 Å². The lowest BCUT2D eigenvalue weighted by atomic mass is 9.96. The van der Waals surface area contributed by atoms with Gasteiger partial charge in [0.1, 0.15) is 0 Å². The van der Waals surface area contributed by atoms with E-state index in [2.05, 4.69) is 0 Å². The normalized spacial score (nSPS) is 39.5. The first-order valence-corrected chi connectivity index (χ1v) is 4.34. The molecule has 3 heteroatoms. The van der Waals surface area contributed by atoms with Gasteiger partial charge in [0.15, 0.2) is 0 Å². The molecule has 1 rings (SSSR count). The van der Waals surface area contributed by atoms with E-state index in [0.29, 0.717) is 13.0 Å². The van der Waals surface area contributed by atoms with Crippen molar-refractivity contribution in [2.24, 2.45) is 11.8 Å². The van der Waals surface area contributed by atoms with Gasteiger partial charge in [-0.25, -0.2) is 0 Å². The van der Waals surface area contributed by atoms with Crippen molar-refractivity contribution in [1.29, 1.82) is 0 Å². The SMILES string of the molecule is C[C@@H]1COC(=O)C[C@H](C)[C@@H]1Cl. The summed E-state index contributed by atoms with van der Waals surface area (Å²) in [6, 6.07) is 0. The maximum atomic E-state index is 10.9. The van der Waals surface area contributed by atoms with E-state index in [-0.39, 0.29) is 23.2 Å². The Morgan fingerprint density at radius 2 is 2.09 bits per heavy atom. The molecular weight excluding hydrogens is 164 g/mol. The third-order valence-corrected chi connectivity index (χ3v) is 2.94. The summed E-state index contributed by atoms with van der Waals surface area (Å²) in [5, 5.41) is 0.0708. The Labute approximate surface area is 71.9 Å². The largest absolute Gasteiger partial charge is 0.465 e. The van der Waals surface area contributed by atoms with E-state index < -0.39 is 0 Å². The Morgan fingerprint density at radius 1 is 1.45 bits per heavy atom. The molecule has 0 aromatic carbocycles. The van der Waals surface area contributed by atoms with Gasteiger partial charge in [-0.1, -0.05) is 13.8 Å². The molecule has 0 bridgehead atoms. The van der Waals surface area contributed by atoms with Crippen molar-refractivity contribution in [2.45, 2.75) is 25.6 Å². The molecule has 0 aliphatic carbocycles. The van der Waals surface area contributed by atoms with Crippen molar-refractivity contribution in [3.8, 4) is 0 Å². The number of hydrogen-bond donors (Lipinski definition) is 0. The van der Waals surface area contributed by atoms with Crippen LogP contribution in [0, 0.1) is 11.8 Å².